The van der Waals surface area contributed by atoms with Crippen molar-refractivity contribution in [3.05, 3.63) is 11.6 Å². The molecule has 26 heavy (non-hydrogen) atoms. The topological polar surface area (TPSA) is 76.4 Å². The molecule has 2 aliphatic rings. The van der Waals surface area contributed by atoms with Crippen LogP contribution in [0.3, 0.4) is 0 Å². The van der Waals surface area contributed by atoms with Crippen LogP contribution in [0.25, 0.3) is 0 Å². The molecule has 7 nitrogen and oxygen atoms in total. The van der Waals surface area contributed by atoms with Gasteiger partial charge in [0.2, 0.25) is 0 Å². The van der Waals surface area contributed by atoms with Gasteiger partial charge < -0.3 is 15.4 Å². The molecule has 0 radical (unpaired) electrons. The van der Waals surface area contributed by atoms with E-state index in [9.17, 15) is 0 Å². The summed E-state index contributed by atoms with van der Waals surface area (Å²) in [4.78, 5) is 8.92. The Kier molecular flexibility index (Phi) is 7.29. The van der Waals surface area contributed by atoms with Crippen molar-refractivity contribution in [2.75, 3.05) is 20.7 Å². The predicted octanol–water partition coefficient (Wildman–Crippen LogP) is 2.26. The first-order valence-electron chi connectivity index (χ1n) is 10.2. The lowest BCUT2D eigenvalue weighted by Gasteiger charge is -2.25. The number of aryl methyl sites for hydroxylation is 1. The van der Waals surface area contributed by atoms with Crippen LogP contribution in [0, 0.1) is 5.92 Å². The Morgan fingerprint density at radius 3 is 2.88 bits per heavy atom. The van der Waals surface area contributed by atoms with Crippen molar-refractivity contribution >= 4 is 5.96 Å². The molecule has 0 bridgehead atoms. The van der Waals surface area contributed by atoms with Crippen LogP contribution >= 0.6 is 0 Å². The van der Waals surface area contributed by atoms with E-state index >= 15 is 0 Å². The summed E-state index contributed by atoms with van der Waals surface area (Å²) in [5.41, 5.74) is 0. The molecule has 0 amide bonds. The minimum absolute atomic E-state index is 0.337. The van der Waals surface area contributed by atoms with E-state index in [1.807, 2.05) is 11.7 Å². The molecule has 0 spiro atoms. The van der Waals surface area contributed by atoms with E-state index in [-0.39, 0.29) is 0 Å². The summed E-state index contributed by atoms with van der Waals surface area (Å²) in [5.74, 6) is 3.68. The zero-order chi connectivity index (χ0) is 18.2. The van der Waals surface area contributed by atoms with Crippen molar-refractivity contribution in [3.8, 4) is 0 Å². The zero-order valence-electron chi connectivity index (χ0n) is 16.3. The fourth-order valence-corrected chi connectivity index (χ4v) is 4.13. The average molecular weight is 363 g/mol. The molecule has 146 valence electrons. The lowest BCUT2D eigenvalue weighted by Crippen LogP contribution is -2.47. The van der Waals surface area contributed by atoms with Gasteiger partial charge in [0.25, 0.3) is 0 Å². The van der Waals surface area contributed by atoms with Crippen LogP contribution in [0.5, 0.6) is 0 Å². The highest BCUT2D eigenvalue weighted by Gasteiger charge is 2.22. The van der Waals surface area contributed by atoms with Crippen LogP contribution in [0.4, 0.5) is 0 Å². The molecule has 1 aliphatic heterocycles. The molecule has 1 atom stereocenters. The Hall–Kier alpha value is -1.63. The van der Waals surface area contributed by atoms with Gasteiger partial charge in [-0.05, 0) is 25.2 Å². The number of nitrogens with one attached hydrogen (secondary N) is 2. The smallest absolute Gasteiger partial charge is 0.191 e. The molecule has 1 aromatic heterocycles. The number of methoxy groups -OCH3 is 1. The van der Waals surface area contributed by atoms with E-state index in [1.54, 1.807) is 7.11 Å². The molecule has 0 aromatic carbocycles. The van der Waals surface area contributed by atoms with Crippen LogP contribution < -0.4 is 10.6 Å². The molecular formula is C19H34N6O. The highest BCUT2D eigenvalue weighted by Crippen LogP contribution is 2.26. The van der Waals surface area contributed by atoms with Gasteiger partial charge in [0, 0.05) is 33.2 Å². The molecule has 1 fully saturated rings. The normalized spacial score (nSPS) is 21.5. The number of hydrogen-bond acceptors (Lipinski definition) is 4. The maximum absolute atomic E-state index is 5.13. The number of nitrogens with zero attached hydrogens (tertiary/aromatic N) is 4. The van der Waals surface area contributed by atoms with Gasteiger partial charge in [-0.3, -0.25) is 4.99 Å². The molecule has 2 N–H and O–H groups in total. The third-order valence-electron chi connectivity index (χ3n) is 5.55. The lowest BCUT2D eigenvalue weighted by atomic mass is 9.86. The summed E-state index contributed by atoms with van der Waals surface area (Å²) in [5, 5.41) is 11.6. The summed E-state index contributed by atoms with van der Waals surface area (Å²) in [6, 6.07) is 0.337. The average Bonchev–Trinajstić information content (AvgIpc) is 3.07. The maximum atomic E-state index is 5.13. The number of ether oxygens (including phenoxy) is 1. The summed E-state index contributed by atoms with van der Waals surface area (Å²) >= 11 is 0. The van der Waals surface area contributed by atoms with E-state index in [0.29, 0.717) is 12.6 Å². The molecule has 0 saturated heterocycles. The van der Waals surface area contributed by atoms with Gasteiger partial charge in [0.15, 0.2) is 11.8 Å². The minimum atomic E-state index is 0.337. The Morgan fingerprint density at radius 2 is 2.12 bits per heavy atom. The second-order valence-electron chi connectivity index (χ2n) is 7.58. The van der Waals surface area contributed by atoms with Crippen LogP contribution in [0.1, 0.15) is 63.0 Å². The Balaban J connectivity index is 1.39. The number of guanidine groups is 1. The van der Waals surface area contributed by atoms with Gasteiger partial charge in [-0.1, -0.05) is 32.1 Å². The monoisotopic (exact) mass is 362 g/mol. The van der Waals surface area contributed by atoms with Gasteiger partial charge in [0.1, 0.15) is 12.4 Å². The highest BCUT2D eigenvalue weighted by atomic mass is 16.5. The maximum Gasteiger partial charge on any atom is 0.191 e. The fourth-order valence-electron chi connectivity index (χ4n) is 4.13. The molecule has 7 heteroatoms. The number of aliphatic imine (C=N–C) groups is 1. The van der Waals surface area contributed by atoms with Crippen molar-refractivity contribution in [3.63, 3.8) is 0 Å². The Morgan fingerprint density at radius 1 is 1.27 bits per heavy atom. The first-order chi connectivity index (χ1) is 12.8. The second kappa shape index (κ2) is 9.90. The molecule has 1 aliphatic carbocycles. The zero-order valence-corrected chi connectivity index (χ0v) is 16.3. The number of rotatable bonds is 7. The molecular weight excluding hydrogens is 328 g/mol. The number of hydrogen-bond donors (Lipinski definition) is 2. The molecule has 1 unspecified atom stereocenters. The van der Waals surface area contributed by atoms with Crippen molar-refractivity contribution in [2.45, 2.75) is 77.0 Å². The second-order valence-corrected chi connectivity index (χ2v) is 7.58. The van der Waals surface area contributed by atoms with Gasteiger partial charge in [-0.25, -0.2) is 9.67 Å². The van der Waals surface area contributed by atoms with E-state index in [0.717, 1.165) is 49.5 Å². The van der Waals surface area contributed by atoms with E-state index in [1.165, 1.54) is 44.9 Å². The molecule has 1 saturated carbocycles. The van der Waals surface area contributed by atoms with Crippen molar-refractivity contribution < 1.29 is 4.74 Å². The van der Waals surface area contributed by atoms with Gasteiger partial charge in [-0.15, -0.1) is 0 Å². The van der Waals surface area contributed by atoms with E-state index in [2.05, 4.69) is 25.7 Å². The van der Waals surface area contributed by atoms with Crippen LogP contribution in [0.2, 0.25) is 0 Å². The predicted molar refractivity (Wildman–Crippen MR) is 103 cm³/mol. The summed E-state index contributed by atoms with van der Waals surface area (Å²) < 4.78 is 7.14. The van der Waals surface area contributed by atoms with Crippen LogP contribution in [-0.4, -0.2) is 47.5 Å². The largest absolute Gasteiger partial charge is 0.377 e. The lowest BCUT2D eigenvalue weighted by molar-refractivity contribution is 0.177. The third-order valence-corrected chi connectivity index (χ3v) is 5.55. The first-order valence-corrected chi connectivity index (χ1v) is 10.2. The Labute approximate surface area is 157 Å². The van der Waals surface area contributed by atoms with Crippen molar-refractivity contribution in [2.24, 2.45) is 10.9 Å². The van der Waals surface area contributed by atoms with Crippen LogP contribution in [0.15, 0.2) is 4.99 Å². The SMILES string of the molecule is CN=C(NCCCC1CCCCC1)NC1CCc2nc(COC)nn2C1. The molecule has 1 aromatic rings. The Bertz CT molecular complexity index is 579. The minimum Gasteiger partial charge on any atom is -0.377 e. The van der Waals surface area contributed by atoms with Crippen LogP contribution in [-0.2, 0) is 24.3 Å². The van der Waals surface area contributed by atoms with Gasteiger partial charge in [0.05, 0.1) is 6.54 Å². The van der Waals surface area contributed by atoms with Gasteiger partial charge in [-0.2, -0.15) is 5.10 Å². The van der Waals surface area contributed by atoms with E-state index in [4.69, 9.17) is 4.74 Å². The third kappa shape index (κ3) is 5.43. The van der Waals surface area contributed by atoms with Crippen molar-refractivity contribution in [1.82, 2.24) is 25.4 Å². The molecule has 2 heterocycles. The van der Waals surface area contributed by atoms with Crippen molar-refractivity contribution in [1.29, 1.82) is 0 Å². The first kappa shape index (κ1) is 19.1. The summed E-state index contributed by atoms with van der Waals surface area (Å²) in [6.45, 7) is 2.30. The quantitative estimate of drug-likeness (QED) is 0.442. The van der Waals surface area contributed by atoms with E-state index < -0.39 is 0 Å². The standard InChI is InChI=1S/C19H34N6O/c1-20-19(21-12-6-9-15-7-4-3-5-8-15)22-16-10-11-18-23-17(14-26-2)24-25(18)13-16/h15-16H,3-14H2,1-2H3,(H2,20,21,22). The summed E-state index contributed by atoms with van der Waals surface area (Å²) in [6.07, 6.45) is 11.7. The highest BCUT2D eigenvalue weighted by molar-refractivity contribution is 5.79. The van der Waals surface area contributed by atoms with Gasteiger partial charge >= 0.3 is 0 Å². The number of fused-ring (bicyclic) bond motifs is 1. The fraction of sp³-hybridized carbons (Fsp3) is 0.842. The summed E-state index contributed by atoms with van der Waals surface area (Å²) in [7, 11) is 3.52. The molecule has 3 rings (SSSR count). The number of aromatic nitrogens is 3.